The summed E-state index contributed by atoms with van der Waals surface area (Å²) in [6, 6.07) is 5.34. The van der Waals surface area contributed by atoms with E-state index in [1.165, 1.54) is 6.92 Å². The number of benzene rings is 1. The fourth-order valence-electron chi connectivity index (χ4n) is 1.06. The van der Waals surface area contributed by atoms with Crippen LogP contribution < -0.4 is 4.74 Å². The molecule has 0 N–H and O–H groups in total. The standard InChI is InChI=1S/C11H11BrO2/c1-3-6-14-11-7-9(12)4-5-10(11)8(2)13/h3-5,7H,1,6H2,2H3. The normalized spacial score (nSPS) is 9.57. The number of carbonyl (C=O) groups is 1. The summed E-state index contributed by atoms with van der Waals surface area (Å²) in [4.78, 5) is 11.2. The molecule has 0 aliphatic rings. The molecule has 14 heavy (non-hydrogen) atoms. The third-order valence-corrected chi connectivity index (χ3v) is 2.17. The number of hydrogen-bond acceptors (Lipinski definition) is 2. The fraction of sp³-hybridized carbons (Fsp3) is 0.182. The quantitative estimate of drug-likeness (QED) is 0.610. The number of Topliss-reactive ketones (excluding diaryl/α,β-unsaturated/α-hetero) is 1. The molecule has 0 spiro atoms. The number of rotatable bonds is 4. The van der Waals surface area contributed by atoms with Gasteiger partial charge in [0, 0.05) is 4.47 Å². The van der Waals surface area contributed by atoms with Crippen LogP contribution in [0, 0.1) is 0 Å². The van der Waals surface area contributed by atoms with Gasteiger partial charge in [0.05, 0.1) is 5.56 Å². The summed E-state index contributed by atoms with van der Waals surface area (Å²) in [7, 11) is 0. The Morgan fingerprint density at radius 2 is 2.36 bits per heavy atom. The van der Waals surface area contributed by atoms with Crippen LogP contribution >= 0.6 is 15.9 Å². The maximum absolute atomic E-state index is 11.2. The van der Waals surface area contributed by atoms with Gasteiger partial charge in [-0.2, -0.15) is 0 Å². The Kier molecular flexibility index (Phi) is 3.89. The Balaban J connectivity index is 3.02. The van der Waals surface area contributed by atoms with Crippen LogP contribution in [0.25, 0.3) is 0 Å². The molecule has 1 aromatic carbocycles. The number of hydrogen-bond donors (Lipinski definition) is 0. The molecular formula is C11H11BrO2. The van der Waals surface area contributed by atoms with E-state index < -0.39 is 0 Å². The largest absolute Gasteiger partial charge is 0.489 e. The van der Waals surface area contributed by atoms with Gasteiger partial charge in [-0.3, -0.25) is 4.79 Å². The van der Waals surface area contributed by atoms with E-state index in [2.05, 4.69) is 22.5 Å². The molecule has 0 unspecified atom stereocenters. The lowest BCUT2D eigenvalue weighted by molar-refractivity contribution is 0.101. The number of halogens is 1. The summed E-state index contributed by atoms with van der Waals surface area (Å²) in [6.45, 7) is 5.47. The molecule has 0 aromatic heterocycles. The van der Waals surface area contributed by atoms with Crippen molar-refractivity contribution in [1.82, 2.24) is 0 Å². The van der Waals surface area contributed by atoms with Gasteiger partial charge in [-0.15, -0.1) is 0 Å². The predicted molar refractivity (Wildman–Crippen MR) is 59.8 cm³/mol. The van der Waals surface area contributed by atoms with E-state index in [1.54, 1.807) is 18.2 Å². The lowest BCUT2D eigenvalue weighted by Crippen LogP contribution is -2.00. The second-order valence-electron chi connectivity index (χ2n) is 2.80. The van der Waals surface area contributed by atoms with Crippen LogP contribution in [0.1, 0.15) is 17.3 Å². The van der Waals surface area contributed by atoms with E-state index in [-0.39, 0.29) is 5.78 Å². The Labute approximate surface area is 91.7 Å². The minimum Gasteiger partial charge on any atom is -0.489 e. The average Bonchev–Trinajstić information content (AvgIpc) is 2.14. The van der Waals surface area contributed by atoms with E-state index in [9.17, 15) is 4.79 Å². The van der Waals surface area contributed by atoms with E-state index in [0.717, 1.165) is 4.47 Å². The lowest BCUT2D eigenvalue weighted by atomic mass is 10.1. The summed E-state index contributed by atoms with van der Waals surface area (Å²) in [5.74, 6) is 0.586. The van der Waals surface area contributed by atoms with Gasteiger partial charge in [0.25, 0.3) is 0 Å². The third-order valence-electron chi connectivity index (χ3n) is 1.68. The summed E-state index contributed by atoms with van der Waals surface area (Å²) in [5.41, 5.74) is 0.593. The lowest BCUT2D eigenvalue weighted by Gasteiger charge is -2.07. The second kappa shape index (κ2) is 4.96. The summed E-state index contributed by atoms with van der Waals surface area (Å²) in [5, 5.41) is 0. The molecule has 3 heteroatoms. The molecule has 0 aliphatic heterocycles. The van der Waals surface area contributed by atoms with Crippen molar-refractivity contribution in [3.8, 4) is 5.75 Å². The molecule has 0 saturated carbocycles. The first-order valence-corrected chi connectivity index (χ1v) is 4.98. The van der Waals surface area contributed by atoms with Gasteiger partial charge in [0.1, 0.15) is 12.4 Å². The Bertz CT molecular complexity index is 358. The van der Waals surface area contributed by atoms with Crippen molar-refractivity contribution in [3.05, 3.63) is 40.9 Å². The Morgan fingerprint density at radius 3 is 2.93 bits per heavy atom. The number of carbonyl (C=O) groups excluding carboxylic acids is 1. The highest BCUT2D eigenvalue weighted by atomic mass is 79.9. The molecule has 0 radical (unpaired) electrons. The van der Waals surface area contributed by atoms with Crippen molar-refractivity contribution in [1.29, 1.82) is 0 Å². The molecular weight excluding hydrogens is 244 g/mol. The zero-order chi connectivity index (χ0) is 10.6. The van der Waals surface area contributed by atoms with E-state index in [1.807, 2.05) is 6.07 Å². The molecule has 2 nitrogen and oxygen atoms in total. The fourth-order valence-corrected chi connectivity index (χ4v) is 1.40. The highest BCUT2D eigenvalue weighted by Gasteiger charge is 2.07. The van der Waals surface area contributed by atoms with Gasteiger partial charge >= 0.3 is 0 Å². The topological polar surface area (TPSA) is 26.3 Å². The van der Waals surface area contributed by atoms with Crippen LogP contribution in [0.2, 0.25) is 0 Å². The first-order chi connectivity index (χ1) is 6.65. The van der Waals surface area contributed by atoms with Gasteiger partial charge in [0.15, 0.2) is 5.78 Å². The zero-order valence-electron chi connectivity index (χ0n) is 7.92. The van der Waals surface area contributed by atoms with Crippen molar-refractivity contribution in [2.45, 2.75) is 6.92 Å². The van der Waals surface area contributed by atoms with Gasteiger partial charge in [-0.25, -0.2) is 0 Å². The van der Waals surface area contributed by atoms with Gasteiger partial charge < -0.3 is 4.74 Å². The molecule has 0 bridgehead atoms. The average molecular weight is 255 g/mol. The highest BCUT2D eigenvalue weighted by molar-refractivity contribution is 9.10. The molecule has 1 rings (SSSR count). The van der Waals surface area contributed by atoms with Crippen LogP contribution in [0.5, 0.6) is 5.75 Å². The van der Waals surface area contributed by atoms with Gasteiger partial charge in [0.2, 0.25) is 0 Å². The van der Waals surface area contributed by atoms with Gasteiger partial charge in [-0.1, -0.05) is 28.6 Å². The number of ketones is 1. The molecule has 0 fully saturated rings. The second-order valence-corrected chi connectivity index (χ2v) is 3.71. The molecule has 0 aliphatic carbocycles. The predicted octanol–water partition coefficient (Wildman–Crippen LogP) is 3.22. The van der Waals surface area contributed by atoms with Crippen LogP contribution in [-0.4, -0.2) is 12.4 Å². The highest BCUT2D eigenvalue weighted by Crippen LogP contribution is 2.24. The van der Waals surface area contributed by atoms with Crippen molar-refractivity contribution >= 4 is 21.7 Å². The minimum atomic E-state index is -0.00318. The van der Waals surface area contributed by atoms with E-state index in [4.69, 9.17) is 4.74 Å². The van der Waals surface area contributed by atoms with Crippen LogP contribution in [-0.2, 0) is 0 Å². The minimum absolute atomic E-state index is 0.00318. The van der Waals surface area contributed by atoms with Crippen LogP contribution in [0.4, 0.5) is 0 Å². The molecule has 0 saturated heterocycles. The summed E-state index contributed by atoms with van der Waals surface area (Å²) in [6.07, 6.45) is 1.64. The van der Waals surface area contributed by atoms with Gasteiger partial charge in [-0.05, 0) is 25.1 Å². The van der Waals surface area contributed by atoms with E-state index >= 15 is 0 Å². The zero-order valence-corrected chi connectivity index (χ0v) is 9.50. The molecule has 0 atom stereocenters. The molecule has 0 amide bonds. The first kappa shape index (κ1) is 11.0. The SMILES string of the molecule is C=CCOc1cc(Br)ccc1C(C)=O. The van der Waals surface area contributed by atoms with Crippen molar-refractivity contribution < 1.29 is 9.53 Å². The number of ether oxygens (including phenoxy) is 1. The van der Waals surface area contributed by atoms with Crippen molar-refractivity contribution in [3.63, 3.8) is 0 Å². The molecule has 74 valence electrons. The van der Waals surface area contributed by atoms with Crippen molar-refractivity contribution in [2.24, 2.45) is 0 Å². The van der Waals surface area contributed by atoms with E-state index in [0.29, 0.717) is 17.9 Å². The maximum atomic E-state index is 11.2. The third kappa shape index (κ3) is 2.70. The Morgan fingerprint density at radius 1 is 1.64 bits per heavy atom. The Hall–Kier alpha value is -1.09. The van der Waals surface area contributed by atoms with Crippen LogP contribution in [0.15, 0.2) is 35.3 Å². The summed E-state index contributed by atoms with van der Waals surface area (Å²) < 4.78 is 6.25. The smallest absolute Gasteiger partial charge is 0.163 e. The monoisotopic (exact) mass is 254 g/mol. The van der Waals surface area contributed by atoms with Crippen LogP contribution in [0.3, 0.4) is 0 Å². The van der Waals surface area contributed by atoms with Crippen molar-refractivity contribution in [2.75, 3.05) is 6.61 Å². The molecule has 0 heterocycles. The first-order valence-electron chi connectivity index (χ1n) is 4.19. The maximum Gasteiger partial charge on any atom is 0.163 e. The summed E-state index contributed by atoms with van der Waals surface area (Å²) >= 11 is 3.32. The molecule has 1 aromatic rings.